The SMILES string of the molecule is C[C@H](Oc1ccccc1)C(=O)OCC(=O)Nc1ccccc1C(=O)c1ccccc1. The van der Waals surface area contributed by atoms with Crippen molar-refractivity contribution in [2.75, 3.05) is 11.9 Å². The van der Waals surface area contributed by atoms with Crippen LogP contribution < -0.4 is 10.1 Å². The van der Waals surface area contributed by atoms with Crippen molar-refractivity contribution in [3.05, 3.63) is 96.1 Å². The predicted molar refractivity (Wildman–Crippen MR) is 112 cm³/mol. The van der Waals surface area contributed by atoms with Gasteiger partial charge in [0.25, 0.3) is 5.91 Å². The number of rotatable bonds is 8. The van der Waals surface area contributed by atoms with Gasteiger partial charge in [0.1, 0.15) is 5.75 Å². The monoisotopic (exact) mass is 403 g/mol. The predicted octanol–water partition coefficient (Wildman–Crippen LogP) is 3.87. The van der Waals surface area contributed by atoms with E-state index in [0.29, 0.717) is 22.6 Å². The van der Waals surface area contributed by atoms with E-state index in [-0.39, 0.29) is 5.78 Å². The molecule has 0 saturated carbocycles. The van der Waals surface area contributed by atoms with Crippen molar-refractivity contribution in [2.45, 2.75) is 13.0 Å². The normalized spacial score (nSPS) is 11.2. The molecule has 1 N–H and O–H groups in total. The van der Waals surface area contributed by atoms with Crippen molar-refractivity contribution in [3.63, 3.8) is 0 Å². The number of carbonyl (C=O) groups is 3. The van der Waals surface area contributed by atoms with Crippen molar-refractivity contribution in [1.29, 1.82) is 0 Å². The van der Waals surface area contributed by atoms with Crippen LogP contribution in [0.25, 0.3) is 0 Å². The molecule has 6 nitrogen and oxygen atoms in total. The van der Waals surface area contributed by atoms with Crippen molar-refractivity contribution in [2.24, 2.45) is 0 Å². The maximum Gasteiger partial charge on any atom is 0.347 e. The zero-order chi connectivity index (χ0) is 21.3. The molecule has 3 aromatic carbocycles. The number of para-hydroxylation sites is 2. The van der Waals surface area contributed by atoms with Gasteiger partial charge >= 0.3 is 5.97 Å². The summed E-state index contributed by atoms with van der Waals surface area (Å²) in [5.41, 5.74) is 1.21. The van der Waals surface area contributed by atoms with Gasteiger partial charge in [-0.3, -0.25) is 9.59 Å². The first-order chi connectivity index (χ1) is 14.5. The van der Waals surface area contributed by atoms with Gasteiger partial charge in [-0.25, -0.2) is 4.79 Å². The van der Waals surface area contributed by atoms with Gasteiger partial charge in [-0.05, 0) is 31.2 Å². The molecule has 0 bridgehead atoms. The molecule has 0 radical (unpaired) electrons. The third-order valence-corrected chi connectivity index (χ3v) is 4.22. The fourth-order valence-corrected chi connectivity index (χ4v) is 2.73. The van der Waals surface area contributed by atoms with Gasteiger partial charge in [0.15, 0.2) is 18.5 Å². The quantitative estimate of drug-likeness (QED) is 0.456. The maximum absolute atomic E-state index is 12.7. The molecule has 6 heteroatoms. The number of amides is 1. The number of nitrogens with one attached hydrogen (secondary N) is 1. The molecule has 0 heterocycles. The Balaban J connectivity index is 1.58. The highest BCUT2D eigenvalue weighted by Gasteiger charge is 2.19. The molecule has 0 aliphatic carbocycles. The lowest BCUT2D eigenvalue weighted by Crippen LogP contribution is -2.30. The third kappa shape index (κ3) is 5.54. The molecule has 0 saturated heterocycles. The van der Waals surface area contributed by atoms with Crippen LogP contribution >= 0.6 is 0 Å². The fourth-order valence-electron chi connectivity index (χ4n) is 2.73. The van der Waals surface area contributed by atoms with Crippen molar-refractivity contribution < 1.29 is 23.9 Å². The van der Waals surface area contributed by atoms with Gasteiger partial charge < -0.3 is 14.8 Å². The number of hydrogen-bond acceptors (Lipinski definition) is 5. The molecule has 0 fully saturated rings. The van der Waals surface area contributed by atoms with E-state index in [1.807, 2.05) is 12.1 Å². The van der Waals surface area contributed by atoms with Crippen LogP contribution in [0.5, 0.6) is 5.75 Å². The van der Waals surface area contributed by atoms with Gasteiger partial charge in [0.05, 0.1) is 5.69 Å². The number of benzene rings is 3. The highest BCUT2D eigenvalue weighted by Crippen LogP contribution is 2.19. The zero-order valence-corrected chi connectivity index (χ0v) is 16.4. The second-order valence-corrected chi connectivity index (χ2v) is 6.47. The molecule has 0 spiro atoms. The Labute approximate surface area is 174 Å². The van der Waals surface area contributed by atoms with Crippen LogP contribution in [0.15, 0.2) is 84.9 Å². The highest BCUT2D eigenvalue weighted by molar-refractivity contribution is 6.13. The Morgan fingerprint density at radius 3 is 2.13 bits per heavy atom. The fraction of sp³-hybridized carbons (Fsp3) is 0.125. The molecule has 152 valence electrons. The van der Waals surface area contributed by atoms with E-state index in [9.17, 15) is 14.4 Å². The molecular formula is C24H21NO5. The van der Waals surface area contributed by atoms with Crippen molar-refractivity contribution in [1.82, 2.24) is 0 Å². The molecule has 1 atom stereocenters. The van der Waals surface area contributed by atoms with Crippen molar-refractivity contribution >= 4 is 23.3 Å². The first kappa shape index (κ1) is 20.8. The second-order valence-electron chi connectivity index (χ2n) is 6.47. The Morgan fingerprint density at radius 2 is 1.43 bits per heavy atom. The summed E-state index contributed by atoms with van der Waals surface area (Å²) in [5, 5.41) is 2.63. The van der Waals surface area contributed by atoms with E-state index in [0.717, 1.165) is 0 Å². The number of anilines is 1. The van der Waals surface area contributed by atoms with Crippen LogP contribution in [-0.2, 0) is 14.3 Å². The molecule has 0 aliphatic rings. The largest absolute Gasteiger partial charge is 0.479 e. The summed E-state index contributed by atoms with van der Waals surface area (Å²) in [6.07, 6.45) is -0.868. The smallest absolute Gasteiger partial charge is 0.347 e. The molecule has 3 aromatic rings. The van der Waals surface area contributed by atoms with E-state index in [4.69, 9.17) is 9.47 Å². The Kier molecular flexibility index (Phi) is 6.95. The third-order valence-electron chi connectivity index (χ3n) is 4.22. The number of esters is 1. The molecule has 0 aromatic heterocycles. The van der Waals surface area contributed by atoms with Crippen molar-refractivity contribution in [3.8, 4) is 5.75 Å². The number of hydrogen-bond donors (Lipinski definition) is 1. The summed E-state index contributed by atoms with van der Waals surface area (Å²) >= 11 is 0. The molecule has 3 rings (SSSR count). The van der Waals surface area contributed by atoms with E-state index in [1.165, 1.54) is 0 Å². The van der Waals surface area contributed by atoms with Crippen LogP contribution in [0, 0.1) is 0 Å². The number of ether oxygens (including phenoxy) is 2. The minimum absolute atomic E-state index is 0.214. The van der Waals surface area contributed by atoms with E-state index in [1.54, 1.807) is 79.7 Å². The highest BCUT2D eigenvalue weighted by atomic mass is 16.6. The van der Waals surface area contributed by atoms with Crippen LogP contribution in [0.2, 0.25) is 0 Å². The molecule has 1 amide bonds. The lowest BCUT2D eigenvalue weighted by Gasteiger charge is -2.14. The summed E-state index contributed by atoms with van der Waals surface area (Å²) in [6, 6.07) is 24.3. The van der Waals surface area contributed by atoms with Gasteiger partial charge in [0, 0.05) is 11.1 Å². The van der Waals surface area contributed by atoms with Gasteiger partial charge in [0.2, 0.25) is 0 Å². The van der Waals surface area contributed by atoms with Crippen LogP contribution in [0.1, 0.15) is 22.8 Å². The molecular weight excluding hydrogens is 382 g/mol. The summed E-state index contributed by atoms with van der Waals surface area (Å²) in [6.45, 7) is 1.05. The van der Waals surface area contributed by atoms with Gasteiger partial charge in [-0.15, -0.1) is 0 Å². The Morgan fingerprint density at radius 1 is 0.833 bits per heavy atom. The standard InChI is InChI=1S/C24H21NO5/c1-17(30-19-12-6-3-7-13-19)24(28)29-16-22(26)25-21-15-9-8-14-20(21)23(27)18-10-4-2-5-11-18/h2-15,17H,16H2,1H3,(H,25,26)/t17-/m0/s1. The average molecular weight is 403 g/mol. The average Bonchev–Trinajstić information content (AvgIpc) is 2.78. The summed E-state index contributed by atoms with van der Waals surface area (Å²) in [5.74, 6) is -0.903. The summed E-state index contributed by atoms with van der Waals surface area (Å²) in [4.78, 5) is 37.1. The van der Waals surface area contributed by atoms with E-state index < -0.39 is 24.6 Å². The molecule has 0 aliphatic heterocycles. The summed E-state index contributed by atoms with van der Waals surface area (Å²) in [7, 11) is 0. The van der Waals surface area contributed by atoms with Crippen LogP contribution in [0.3, 0.4) is 0 Å². The topological polar surface area (TPSA) is 81.7 Å². The molecule has 30 heavy (non-hydrogen) atoms. The second kappa shape index (κ2) is 10.0. The first-order valence-electron chi connectivity index (χ1n) is 9.41. The maximum atomic E-state index is 12.7. The van der Waals surface area contributed by atoms with E-state index in [2.05, 4.69) is 5.32 Å². The molecule has 0 unspecified atom stereocenters. The van der Waals surface area contributed by atoms with Gasteiger partial charge in [-0.2, -0.15) is 0 Å². The minimum Gasteiger partial charge on any atom is -0.479 e. The van der Waals surface area contributed by atoms with Crippen LogP contribution in [-0.4, -0.2) is 30.4 Å². The lowest BCUT2D eigenvalue weighted by atomic mass is 10.0. The van der Waals surface area contributed by atoms with Crippen LogP contribution in [0.4, 0.5) is 5.69 Å². The number of ketones is 1. The minimum atomic E-state index is -0.868. The van der Waals surface area contributed by atoms with Gasteiger partial charge in [-0.1, -0.05) is 60.7 Å². The summed E-state index contributed by atoms with van der Waals surface area (Å²) < 4.78 is 10.5. The van der Waals surface area contributed by atoms with E-state index >= 15 is 0 Å². The number of carbonyl (C=O) groups excluding carboxylic acids is 3. The first-order valence-corrected chi connectivity index (χ1v) is 9.41. The Hall–Kier alpha value is -3.93. The zero-order valence-electron chi connectivity index (χ0n) is 16.4. The lowest BCUT2D eigenvalue weighted by molar-refractivity contribution is -0.153. The Bertz CT molecular complexity index is 1020.